The number of amides is 1. The quantitative estimate of drug-likeness (QED) is 0.616. The van der Waals surface area contributed by atoms with Gasteiger partial charge in [-0.1, -0.05) is 0 Å². The average molecular weight is 232 g/mol. The fourth-order valence-corrected chi connectivity index (χ4v) is 1.30. The van der Waals surface area contributed by atoms with Crippen molar-refractivity contribution < 1.29 is 14.3 Å². The Morgan fingerprint density at radius 2 is 1.94 bits per heavy atom. The summed E-state index contributed by atoms with van der Waals surface area (Å²) < 4.78 is 13.2. The molecule has 4 nitrogen and oxygen atoms in total. The molecule has 0 saturated heterocycles. The minimum Gasteiger partial charge on any atom is -0.508 e. The average Bonchev–Trinajstić information content (AvgIpc) is 2.32. The number of anilines is 1. The number of rotatable bonds is 2. The van der Waals surface area contributed by atoms with E-state index in [0.717, 1.165) is 0 Å². The van der Waals surface area contributed by atoms with Gasteiger partial charge in [0.2, 0.25) is 5.95 Å². The third-order valence-electron chi connectivity index (χ3n) is 2.13. The van der Waals surface area contributed by atoms with Gasteiger partial charge in [-0.05, 0) is 36.4 Å². The van der Waals surface area contributed by atoms with E-state index in [4.69, 9.17) is 5.11 Å². The highest BCUT2D eigenvalue weighted by atomic mass is 19.1. The number of carbonyl (C=O) groups is 1. The van der Waals surface area contributed by atoms with Crippen LogP contribution in [0, 0.1) is 5.95 Å². The van der Waals surface area contributed by atoms with Crippen LogP contribution in [0.4, 0.5) is 10.1 Å². The van der Waals surface area contributed by atoms with E-state index in [1.54, 1.807) is 0 Å². The zero-order valence-electron chi connectivity index (χ0n) is 8.72. The van der Waals surface area contributed by atoms with Gasteiger partial charge in [0.15, 0.2) is 0 Å². The molecule has 1 aromatic carbocycles. The molecule has 0 bridgehead atoms. The Kier molecular flexibility index (Phi) is 3.00. The van der Waals surface area contributed by atoms with E-state index in [2.05, 4.69) is 10.3 Å². The maximum absolute atomic E-state index is 13.2. The molecule has 0 aliphatic rings. The Labute approximate surface area is 96.7 Å². The molecule has 0 atom stereocenters. The van der Waals surface area contributed by atoms with Crippen LogP contribution in [0.2, 0.25) is 0 Å². The summed E-state index contributed by atoms with van der Waals surface area (Å²) in [4.78, 5) is 15.1. The largest absolute Gasteiger partial charge is 0.508 e. The lowest BCUT2D eigenvalue weighted by Gasteiger charge is -2.05. The molecular formula is C12H9FN2O2. The molecule has 0 radical (unpaired) electrons. The number of nitrogens with one attached hydrogen (secondary N) is 1. The maximum atomic E-state index is 13.2. The van der Waals surface area contributed by atoms with Gasteiger partial charge in [0.25, 0.3) is 5.91 Å². The minimum absolute atomic E-state index is 0.0931. The first-order valence-corrected chi connectivity index (χ1v) is 4.88. The number of benzene rings is 1. The second kappa shape index (κ2) is 4.61. The minimum atomic E-state index is -0.816. The number of hydrogen-bond donors (Lipinski definition) is 2. The summed E-state index contributed by atoms with van der Waals surface area (Å²) in [5.74, 6) is -1.30. The Morgan fingerprint density at radius 3 is 2.59 bits per heavy atom. The topological polar surface area (TPSA) is 62.2 Å². The zero-order valence-corrected chi connectivity index (χ0v) is 8.72. The number of carbonyl (C=O) groups excluding carboxylic acids is 1. The van der Waals surface area contributed by atoms with Crippen molar-refractivity contribution in [1.29, 1.82) is 0 Å². The molecule has 86 valence electrons. The van der Waals surface area contributed by atoms with Crippen molar-refractivity contribution in [2.75, 3.05) is 5.32 Å². The summed E-state index contributed by atoms with van der Waals surface area (Å²) in [6.07, 6.45) is 1.27. The third-order valence-corrected chi connectivity index (χ3v) is 2.13. The molecular weight excluding hydrogens is 223 g/mol. The molecule has 17 heavy (non-hydrogen) atoms. The number of pyridine rings is 1. The number of hydrogen-bond acceptors (Lipinski definition) is 3. The van der Waals surface area contributed by atoms with Gasteiger partial charge < -0.3 is 10.4 Å². The highest BCUT2D eigenvalue weighted by Crippen LogP contribution is 2.15. The van der Waals surface area contributed by atoms with E-state index < -0.39 is 11.9 Å². The first-order valence-electron chi connectivity index (χ1n) is 4.88. The van der Waals surface area contributed by atoms with Crippen LogP contribution in [0.3, 0.4) is 0 Å². The summed E-state index contributed by atoms with van der Waals surface area (Å²) >= 11 is 0. The highest BCUT2D eigenvalue weighted by Gasteiger charge is 2.11. The predicted molar refractivity (Wildman–Crippen MR) is 60.3 cm³/mol. The van der Waals surface area contributed by atoms with Crippen molar-refractivity contribution in [3.05, 3.63) is 54.1 Å². The SMILES string of the molecule is O=C(Nc1ccc(O)cc1)c1cccnc1F. The molecule has 2 aromatic rings. The van der Waals surface area contributed by atoms with E-state index in [-0.39, 0.29) is 11.3 Å². The Bertz CT molecular complexity index is 540. The van der Waals surface area contributed by atoms with Crippen LogP contribution in [0.25, 0.3) is 0 Å². The molecule has 1 amide bonds. The molecule has 5 heteroatoms. The van der Waals surface area contributed by atoms with Gasteiger partial charge in [-0.2, -0.15) is 4.39 Å². The van der Waals surface area contributed by atoms with E-state index in [9.17, 15) is 9.18 Å². The molecule has 0 aliphatic carbocycles. The maximum Gasteiger partial charge on any atom is 0.260 e. The number of nitrogens with zero attached hydrogens (tertiary/aromatic N) is 1. The molecule has 1 aromatic heterocycles. The highest BCUT2D eigenvalue weighted by molar-refractivity contribution is 6.04. The van der Waals surface area contributed by atoms with Crippen molar-refractivity contribution in [3.63, 3.8) is 0 Å². The van der Waals surface area contributed by atoms with E-state index >= 15 is 0 Å². The van der Waals surface area contributed by atoms with Gasteiger partial charge in [0, 0.05) is 11.9 Å². The van der Waals surface area contributed by atoms with E-state index in [1.165, 1.54) is 42.6 Å². The van der Waals surface area contributed by atoms with Crippen molar-refractivity contribution in [2.45, 2.75) is 0 Å². The van der Waals surface area contributed by atoms with Crippen LogP contribution in [-0.2, 0) is 0 Å². The number of phenols is 1. The normalized spacial score (nSPS) is 9.94. The number of aromatic nitrogens is 1. The standard InChI is InChI=1S/C12H9FN2O2/c13-11-10(2-1-7-14-11)12(17)15-8-3-5-9(16)6-4-8/h1-7,16H,(H,15,17). The number of halogens is 1. The van der Waals surface area contributed by atoms with Crippen LogP contribution in [0.15, 0.2) is 42.6 Å². The molecule has 0 aliphatic heterocycles. The lowest BCUT2D eigenvalue weighted by Crippen LogP contribution is -2.14. The smallest absolute Gasteiger partial charge is 0.260 e. The van der Waals surface area contributed by atoms with Crippen molar-refractivity contribution in [3.8, 4) is 5.75 Å². The summed E-state index contributed by atoms with van der Waals surface area (Å²) in [5.41, 5.74) is 0.344. The van der Waals surface area contributed by atoms with Gasteiger partial charge in [-0.15, -0.1) is 0 Å². The molecule has 1 heterocycles. The van der Waals surface area contributed by atoms with Gasteiger partial charge in [0.05, 0.1) is 5.56 Å². The van der Waals surface area contributed by atoms with Crippen molar-refractivity contribution in [1.82, 2.24) is 4.98 Å². The van der Waals surface area contributed by atoms with Crippen molar-refractivity contribution in [2.24, 2.45) is 0 Å². The Morgan fingerprint density at radius 1 is 1.24 bits per heavy atom. The fraction of sp³-hybridized carbons (Fsp3) is 0. The fourth-order valence-electron chi connectivity index (χ4n) is 1.30. The second-order valence-corrected chi connectivity index (χ2v) is 3.34. The van der Waals surface area contributed by atoms with Crippen LogP contribution in [0.1, 0.15) is 10.4 Å². The lowest BCUT2D eigenvalue weighted by molar-refractivity contribution is 0.102. The second-order valence-electron chi connectivity index (χ2n) is 3.34. The summed E-state index contributed by atoms with van der Waals surface area (Å²) in [6.45, 7) is 0. The molecule has 0 fully saturated rings. The number of aromatic hydroxyl groups is 1. The van der Waals surface area contributed by atoms with Crippen molar-refractivity contribution >= 4 is 11.6 Å². The summed E-state index contributed by atoms with van der Waals surface area (Å²) in [7, 11) is 0. The van der Waals surface area contributed by atoms with E-state index in [0.29, 0.717) is 5.69 Å². The van der Waals surface area contributed by atoms with Crippen LogP contribution in [0.5, 0.6) is 5.75 Å². The Balaban J connectivity index is 2.17. The first kappa shape index (κ1) is 11.1. The lowest BCUT2D eigenvalue weighted by atomic mass is 10.2. The first-order chi connectivity index (χ1) is 8.16. The molecule has 2 rings (SSSR count). The van der Waals surface area contributed by atoms with Gasteiger partial charge in [-0.3, -0.25) is 4.79 Å². The summed E-state index contributed by atoms with van der Waals surface area (Å²) in [6, 6.07) is 8.71. The molecule has 2 N–H and O–H groups in total. The molecule has 0 saturated carbocycles. The number of phenolic OH excluding ortho intramolecular Hbond substituents is 1. The monoisotopic (exact) mass is 232 g/mol. The molecule has 0 spiro atoms. The summed E-state index contributed by atoms with van der Waals surface area (Å²) in [5, 5.41) is 11.6. The van der Waals surface area contributed by atoms with Gasteiger partial charge in [0.1, 0.15) is 5.75 Å². The van der Waals surface area contributed by atoms with Gasteiger partial charge in [-0.25, -0.2) is 4.98 Å². The third kappa shape index (κ3) is 2.57. The van der Waals surface area contributed by atoms with E-state index in [1.807, 2.05) is 0 Å². The Hall–Kier alpha value is -2.43. The predicted octanol–water partition coefficient (Wildman–Crippen LogP) is 2.18. The van der Waals surface area contributed by atoms with Crippen LogP contribution < -0.4 is 5.32 Å². The van der Waals surface area contributed by atoms with Gasteiger partial charge >= 0.3 is 0 Å². The molecule has 0 unspecified atom stereocenters. The van der Waals surface area contributed by atoms with Crippen LogP contribution >= 0.6 is 0 Å². The van der Waals surface area contributed by atoms with Crippen LogP contribution in [-0.4, -0.2) is 16.0 Å². The zero-order chi connectivity index (χ0) is 12.3.